The van der Waals surface area contributed by atoms with Gasteiger partial charge >= 0.3 is 0 Å². The second-order valence-corrected chi connectivity index (χ2v) is 4.45. The fraction of sp³-hybridized carbons (Fsp3) is 0.545. The maximum atomic E-state index is 11.9. The molecule has 6 nitrogen and oxygen atoms in total. The van der Waals surface area contributed by atoms with Crippen molar-refractivity contribution >= 4 is 11.7 Å². The lowest BCUT2D eigenvalue weighted by atomic mass is 9.92. The SMILES string of the molecule is CC1(NC(=O)c2cnc(N)cn2)CCOCC1. The Hall–Kier alpha value is -1.69. The topological polar surface area (TPSA) is 90.1 Å². The zero-order chi connectivity index (χ0) is 12.3. The summed E-state index contributed by atoms with van der Waals surface area (Å²) in [6, 6.07) is 0. The van der Waals surface area contributed by atoms with Crippen LogP contribution in [-0.4, -0.2) is 34.6 Å². The summed E-state index contributed by atoms with van der Waals surface area (Å²) in [6.45, 7) is 3.35. The Balaban J connectivity index is 2.03. The van der Waals surface area contributed by atoms with E-state index < -0.39 is 0 Å². The van der Waals surface area contributed by atoms with Crippen molar-refractivity contribution in [2.24, 2.45) is 0 Å². The highest BCUT2D eigenvalue weighted by Gasteiger charge is 2.29. The van der Waals surface area contributed by atoms with Crippen LogP contribution in [0.25, 0.3) is 0 Å². The quantitative estimate of drug-likeness (QED) is 0.773. The molecule has 6 heteroatoms. The Labute approximate surface area is 99.6 Å². The molecule has 0 aromatic carbocycles. The number of amides is 1. The van der Waals surface area contributed by atoms with Gasteiger partial charge in [0.2, 0.25) is 0 Å². The number of nitrogens with one attached hydrogen (secondary N) is 1. The molecule has 17 heavy (non-hydrogen) atoms. The summed E-state index contributed by atoms with van der Waals surface area (Å²) in [5.74, 6) is 0.0840. The van der Waals surface area contributed by atoms with Crippen LogP contribution in [0.1, 0.15) is 30.3 Å². The summed E-state index contributed by atoms with van der Waals surface area (Å²) in [6.07, 6.45) is 4.37. The van der Waals surface area contributed by atoms with Crippen molar-refractivity contribution in [1.82, 2.24) is 15.3 Å². The average molecular weight is 236 g/mol. The number of carbonyl (C=O) groups is 1. The molecule has 2 heterocycles. The van der Waals surface area contributed by atoms with Crippen LogP contribution >= 0.6 is 0 Å². The molecule has 1 amide bonds. The molecular weight excluding hydrogens is 220 g/mol. The van der Waals surface area contributed by atoms with Crippen LogP contribution in [0.4, 0.5) is 5.82 Å². The van der Waals surface area contributed by atoms with Gasteiger partial charge in [-0.15, -0.1) is 0 Å². The molecule has 0 radical (unpaired) electrons. The van der Waals surface area contributed by atoms with E-state index >= 15 is 0 Å². The van der Waals surface area contributed by atoms with Crippen molar-refractivity contribution < 1.29 is 9.53 Å². The Bertz CT molecular complexity index is 398. The highest BCUT2D eigenvalue weighted by atomic mass is 16.5. The molecule has 3 N–H and O–H groups in total. The first-order chi connectivity index (χ1) is 8.09. The molecule has 0 saturated carbocycles. The number of nitrogens with two attached hydrogens (primary N) is 1. The summed E-state index contributed by atoms with van der Waals surface area (Å²) < 4.78 is 5.27. The average Bonchev–Trinajstić information content (AvgIpc) is 2.30. The number of nitrogens with zero attached hydrogens (tertiary/aromatic N) is 2. The van der Waals surface area contributed by atoms with E-state index in [-0.39, 0.29) is 17.1 Å². The van der Waals surface area contributed by atoms with Crippen LogP contribution in [0.2, 0.25) is 0 Å². The van der Waals surface area contributed by atoms with Crippen LogP contribution in [0.5, 0.6) is 0 Å². The van der Waals surface area contributed by atoms with Gasteiger partial charge in [0.15, 0.2) is 0 Å². The third-order valence-electron chi connectivity index (χ3n) is 2.92. The van der Waals surface area contributed by atoms with Crippen molar-refractivity contribution in [1.29, 1.82) is 0 Å². The second-order valence-electron chi connectivity index (χ2n) is 4.45. The van der Waals surface area contributed by atoms with Gasteiger partial charge < -0.3 is 15.8 Å². The molecule has 0 spiro atoms. The van der Waals surface area contributed by atoms with Crippen LogP contribution in [-0.2, 0) is 4.74 Å². The minimum absolute atomic E-state index is 0.220. The van der Waals surface area contributed by atoms with E-state index in [9.17, 15) is 4.79 Å². The fourth-order valence-corrected chi connectivity index (χ4v) is 1.74. The number of carbonyl (C=O) groups excluding carboxylic acids is 1. The highest BCUT2D eigenvalue weighted by molar-refractivity contribution is 5.92. The van der Waals surface area contributed by atoms with E-state index in [1.54, 1.807) is 0 Å². The lowest BCUT2D eigenvalue weighted by molar-refractivity contribution is 0.0421. The van der Waals surface area contributed by atoms with E-state index in [4.69, 9.17) is 10.5 Å². The Morgan fingerprint density at radius 1 is 1.41 bits per heavy atom. The highest BCUT2D eigenvalue weighted by Crippen LogP contribution is 2.20. The van der Waals surface area contributed by atoms with Crippen LogP contribution in [0, 0.1) is 0 Å². The molecular formula is C11H16N4O2. The van der Waals surface area contributed by atoms with Crippen molar-refractivity contribution in [2.75, 3.05) is 18.9 Å². The third-order valence-corrected chi connectivity index (χ3v) is 2.92. The van der Waals surface area contributed by atoms with E-state index in [2.05, 4.69) is 15.3 Å². The van der Waals surface area contributed by atoms with Crippen LogP contribution < -0.4 is 11.1 Å². The monoisotopic (exact) mass is 236 g/mol. The standard InChI is InChI=1S/C11H16N4O2/c1-11(2-4-17-5-3-11)15-10(16)8-6-14-9(12)7-13-8/h6-7H,2-5H2,1H3,(H2,12,14)(H,15,16). The summed E-state index contributed by atoms with van der Waals surface area (Å²) in [5.41, 5.74) is 5.48. The summed E-state index contributed by atoms with van der Waals surface area (Å²) >= 11 is 0. The normalized spacial score (nSPS) is 18.6. The van der Waals surface area contributed by atoms with Gasteiger partial charge in [-0.25, -0.2) is 9.97 Å². The fourth-order valence-electron chi connectivity index (χ4n) is 1.74. The first-order valence-electron chi connectivity index (χ1n) is 5.57. The summed E-state index contributed by atoms with van der Waals surface area (Å²) in [7, 11) is 0. The Kier molecular flexibility index (Phi) is 3.23. The molecule has 0 bridgehead atoms. The van der Waals surface area contributed by atoms with E-state index in [1.807, 2.05) is 6.92 Å². The number of ether oxygens (including phenoxy) is 1. The summed E-state index contributed by atoms with van der Waals surface area (Å²) in [5, 5.41) is 2.97. The number of hydrogen-bond donors (Lipinski definition) is 2. The van der Waals surface area contributed by atoms with Gasteiger partial charge in [-0.2, -0.15) is 0 Å². The number of hydrogen-bond acceptors (Lipinski definition) is 5. The second kappa shape index (κ2) is 4.67. The van der Waals surface area contributed by atoms with Crippen molar-refractivity contribution in [3.63, 3.8) is 0 Å². The molecule has 1 aromatic heterocycles. The largest absolute Gasteiger partial charge is 0.382 e. The maximum Gasteiger partial charge on any atom is 0.271 e. The van der Waals surface area contributed by atoms with Gasteiger partial charge in [0.25, 0.3) is 5.91 Å². The minimum Gasteiger partial charge on any atom is -0.382 e. The van der Waals surface area contributed by atoms with E-state index in [0.717, 1.165) is 12.8 Å². The summed E-state index contributed by atoms with van der Waals surface area (Å²) in [4.78, 5) is 19.7. The Morgan fingerprint density at radius 2 is 2.12 bits per heavy atom. The van der Waals surface area contributed by atoms with E-state index in [1.165, 1.54) is 12.4 Å². The number of rotatable bonds is 2. The Morgan fingerprint density at radius 3 is 2.71 bits per heavy atom. The van der Waals surface area contributed by atoms with Crippen molar-refractivity contribution in [2.45, 2.75) is 25.3 Å². The molecule has 0 unspecified atom stereocenters. The predicted octanol–water partition coefficient (Wildman–Crippen LogP) is 0.358. The molecule has 92 valence electrons. The van der Waals surface area contributed by atoms with Gasteiger partial charge in [-0.1, -0.05) is 0 Å². The van der Waals surface area contributed by atoms with Crippen LogP contribution in [0.15, 0.2) is 12.4 Å². The molecule has 1 aliphatic heterocycles. The molecule has 1 aliphatic rings. The lowest BCUT2D eigenvalue weighted by Gasteiger charge is -2.34. The maximum absolute atomic E-state index is 11.9. The molecule has 0 aliphatic carbocycles. The number of nitrogen functional groups attached to an aromatic ring is 1. The molecule has 1 saturated heterocycles. The first kappa shape index (κ1) is 11.8. The van der Waals surface area contributed by atoms with Gasteiger partial charge in [0.05, 0.1) is 12.4 Å². The van der Waals surface area contributed by atoms with Gasteiger partial charge in [-0.3, -0.25) is 4.79 Å². The molecule has 1 fully saturated rings. The van der Waals surface area contributed by atoms with Crippen molar-refractivity contribution in [3.05, 3.63) is 18.1 Å². The zero-order valence-electron chi connectivity index (χ0n) is 9.77. The predicted molar refractivity (Wildman–Crippen MR) is 62.4 cm³/mol. The molecule has 2 rings (SSSR count). The zero-order valence-corrected chi connectivity index (χ0v) is 9.77. The third kappa shape index (κ3) is 2.91. The van der Waals surface area contributed by atoms with Gasteiger partial charge in [0.1, 0.15) is 11.5 Å². The smallest absolute Gasteiger partial charge is 0.271 e. The lowest BCUT2D eigenvalue weighted by Crippen LogP contribution is -2.49. The number of anilines is 1. The first-order valence-corrected chi connectivity index (χ1v) is 5.57. The molecule has 0 atom stereocenters. The van der Waals surface area contributed by atoms with Gasteiger partial charge in [0, 0.05) is 18.8 Å². The molecule has 1 aromatic rings. The van der Waals surface area contributed by atoms with Gasteiger partial charge in [-0.05, 0) is 19.8 Å². The number of aromatic nitrogens is 2. The minimum atomic E-state index is -0.224. The van der Waals surface area contributed by atoms with E-state index in [0.29, 0.717) is 19.0 Å². The van der Waals surface area contributed by atoms with Crippen LogP contribution in [0.3, 0.4) is 0 Å². The van der Waals surface area contributed by atoms with Crippen molar-refractivity contribution in [3.8, 4) is 0 Å².